The van der Waals surface area contributed by atoms with Crippen molar-refractivity contribution in [3.8, 4) is 0 Å². The second-order valence-electron chi connectivity index (χ2n) is 4.10. The van der Waals surface area contributed by atoms with E-state index in [0.717, 1.165) is 4.90 Å². The number of hydrogen-bond donors (Lipinski definition) is 2. The lowest BCUT2D eigenvalue weighted by molar-refractivity contribution is 0.195. The molecule has 2 N–H and O–H groups in total. The first-order valence-corrected chi connectivity index (χ1v) is 6.52. The lowest BCUT2D eigenvalue weighted by Gasteiger charge is -2.10. The van der Waals surface area contributed by atoms with E-state index < -0.39 is 0 Å². The van der Waals surface area contributed by atoms with Crippen molar-refractivity contribution in [2.75, 3.05) is 12.3 Å². The molecule has 1 aliphatic carbocycles. The standard InChI is InChI=1S/C12H16FNOS/c13-9-1-5-12(6-2-9)16-8-11(15)7-14-10-3-4-10/h1-2,5-6,10-11,14-15H,3-4,7-8H2. The summed E-state index contributed by atoms with van der Waals surface area (Å²) in [6.45, 7) is 0.652. The number of aliphatic hydroxyl groups is 1. The number of thioether (sulfide) groups is 1. The summed E-state index contributed by atoms with van der Waals surface area (Å²) in [5.41, 5.74) is 0. The summed E-state index contributed by atoms with van der Waals surface area (Å²) in [6, 6.07) is 6.99. The topological polar surface area (TPSA) is 32.3 Å². The third-order valence-corrected chi connectivity index (χ3v) is 3.63. The summed E-state index contributed by atoms with van der Waals surface area (Å²) in [7, 11) is 0. The third kappa shape index (κ3) is 4.12. The van der Waals surface area contributed by atoms with Crippen LogP contribution in [-0.2, 0) is 0 Å². The van der Waals surface area contributed by atoms with Crippen LogP contribution in [0.25, 0.3) is 0 Å². The monoisotopic (exact) mass is 241 g/mol. The first-order chi connectivity index (χ1) is 7.74. The highest BCUT2D eigenvalue weighted by molar-refractivity contribution is 7.99. The Labute approximate surface area is 99.2 Å². The molecule has 1 aromatic carbocycles. The van der Waals surface area contributed by atoms with Gasteiger partial charge in [0.05, 0.1) is 6.10 Å². The molecule has 1 unspecified atom stereocenters. The molecule has 88 valence electrons. The van der Waals surface area contributed by atoms with Gasteiger partial charge in [-0.05, 0) is 37.1 Å². The zero-order valence-corrected chi connectivity index (χ0v) is 9.84. The van der Waals surface area contributed by atoms with Crippen LogP contribution in [0.1, 0.15) is 12.8 Å². The molecule has 1 atom stereocenters. The van der Waals surface area contributed by atoms with E-state index >= 15 is 0 Å². The van der Waals surface area contributed by atoms with E-state index in [0.29, 0.717) is 18.3 Å². The van der Waals surface area contributed by atoms with Gasteiger partial charge in [0.2, 0.25) is 0 Å². The molecule has 1 fully saturated rings. The van der Waals surface area contributed by atoms with Crippen molar-refractivity contribution in [1.29, 1.82) is 0 Å². The van der Waals surface area contributed by atoms with Gasteiger partial charge in [0.25, 0.3) is 0 Å². The number of aliphatic hydroxyl groups excluding tert-OH is 1. The normalized spacial score (nSPS) is 17.4. The summed E-state index contributed by atoms with van der Waals surface area (Å²) in [4.78, 5) is 0.992. The summed E-state index contributed by atoms with van der Waals surface area (Å²) < 4.78 is 12.6. The van der Waals surface area contributed by atoms with E-state index in [9.17, 15) is 9.50 Å². The zero-order valence-electron chi connectivity index (χ0n) is 9.03. The molecule has 0 aromatic heterocycles. The van der Waals surface area contributed by atoms with Crippen LogP contribution in [0.2, 0.25) is 0 Å². The zero-order chi connectivity index (χ0) is 11.4. The Morgan fingerprint density at radius 2 is 2.06 bits per heavy atom. The van der Waals surface area contributed by atoms with Gasteiger partial charge in [-0.1, -0.05) is 0 Å². The predicted octanol–water partition coefficient (Wildman–Crippen LogP) is 2.03. The van der Waals surface area contributed by atoms with E-state index in [2.05, 4.69) is 5.32 Å². The Kier molecular flexibility index (Phi) is 4.21. The molecular weight excluding hydrogens is 225 g/mol. The van der Waals surface area contributed by atoms with Crippen LogP contribution in [-0.4, -0.2) is 29.5 Å². The van der Waals surface area contributed by atoms with Gasteiger partial charge < -0.3 is 10.4 Å². The quantitative estimate of drug-likeness (QED) is 0.747. The van der Waals surface area contributed by atoms with Crippen molar-refractivity contribution in [2.45, 2.75) is 29.9 Å². The molecule has 1 aliphatic rings. The Morgan fingerprint density at radius 3 is 2.69 bits per heavy atom. The van der Waals surface area contributed by atoms with Gasteiger partial charge in [-0.3, -0.25) is 0 Å². The van der Waals surface area contributed by atoms with Crippen LogP contribution in [0.4, 0.5) is 4.39 Å². The molecule has 2 rings (SSSR count). The fourth-order valence-corrected chi connectivity index (χ4v) is 2.20. The van der Waals surface area contributed by atoms with Gasteiger partial charge >= 0.3 is 0 Å². The van der Waals surface area contributed by atoms with E-state index in [-0.39, 0.29) is 11.9 Å². The van der Waals surface area contributed by atoms with Crippen molar-refractivity contribution in [3.05, 3.63) is 30.1 Å². The molecular formula is C12H16FNOS. The van der Waals surface area contributed by atoms with Crippen LogP contribution < -0.4 is 5.32 Å². The lowest BCUT2D eigenvalue weighted by Crippen LogP contribution is -2.29. The Bertz CT molecular complexity index is 326. The number of benzene rings is 1. The highest BCUT2D eigenvalue weighted by atomic mass is 32.2. The van der Waals surface area contributed by atoms with E-state index in [1.807, 2.05) is 0 Å². The van der Waals surface area contributed by atoms with Crippen LogP contribution in [0.15, 0.2) is 29.2 Å². The Hall–Kier alpha value is -0.580. The molecule has 0 radical (unpaired) electrons. The third-order valence-electron chi connectivity index (χ3n) is 2.48. The SMILES string of the molecule is OC(CNC1CC1)CSc1ccc(F)cc1. The second kappa shape index (κ2) is 5.66. The summed E-state index contributed by atoms with van der Waals surface area (Å²) in [6.07, 6.45) is 2.13. The lowest BCUT2D eigenvalue weighted by atomic mass is 10.3. The average molecular weight is 241 g/mol. The summed E-state index contributed by atoms with van der Waals surface area (Å²) >= 11 is 1.55. The van der Waals surface area contributed by atoms with Crippen molar-refractivity contribution in [1.82, 2.24) is 5.32 Å². The highest BCUT2D eigenvalue weighted by Crippen LogP contribution is 2.20. The largest absolute Gasteiger partial charge is 0.391 e. The van der Waals surface area contributed by atoms with Crippen molar-refractivity contribution in [3.63, 3.8) is 0 Å². The minimum atomic E-state index is -0.337. The minimum Gasteiger partial charge on any atom is -0.391 e. The maximum atomic E-state index is 12.6. The van der Waals surface area contributed by atoms with Gasteiger partial charge in [0, 0.05) is 23.2 Å². The number of nitrogens with one attached hydrogen (secondary N) is 1. The van der Waals surface area contributed by atoms with Crippen LogP contribution >= 0.6 is 11.8 Å². The Morgan fingerprint density at radius 1 is 1.38 bits per heavy atom. The van der Waals surface area contributed by atoms with E-state index in [1.165, 1.54) is 25.0 Å². The number of halogens is 1. The van der Waals surface area contributed by atoms with Crippen molar-refractivity contribution in [2.24, 2.45) is 0 Å². The van der Waals surface area contributed by atoms with Gasteiger partial charge in [-0.15, -0.1) is 11.8 Å². The van der Waals surface area contributed by atoms with Crippen molar-refractivity contribution < 1.29 is 9.50 Å². The summed E-state index contributed by atoms with van der Waals surface area (Å²) in [5.74, 6) is 0.422. The molecule has 0 spiro atoms. The molecule has 1 aromatic rings. The van der Waals surface area contributed by atoms with E-state index in [4.69, 9.17) is 0 Å². The van der Waals surface area contributed by atoms with Crippen LogP contribution in [0, 0.1) is 5.82 Å². The average Bonchev–Trinajstić information content (AvgIpc) is 3.09. The van der Waals surface area contributed by atoms with Gasteiger partial charge in [-0.2, -0.15) is 0 Å². The molecule has 0 amide bonds. The highest BCUT2D eigenvalue weighted by Gasteiger charge is 2.21. The molecule has 2 nitrogen and oxygen atoms in total. The van der Waals surface area contributed by atoms with E-state index in [1.54, 1.807) is 23.9 Å². The maximum absolute atomic E-state index is 12.6. The first-order valence-electron chi connectivity index (χ1n) is 5.54. The smallest absolute Gasteiger partial charge is 0.123 e. The molecule has 0 aliphatic heterocycles. The van der Waals surface area contributed by atoms with Crippen LogP contribution in [0.3, 0.4) is 0 Å². The summed E-state index contributed by atoms with van der Waals surface area (Å²) in [5, 5.41) is 13.0. The van der Waals surface area contributed by atoms with Crippen LogP contribution in [0.5, 0.6) is 0 Å². The molecule has 0 saturated heterocycles. The maximum Gasteiger partial charge on any atom is 0.123 e. The molecule has 0 heterocycles. The van der Waals surface area contributed by atoms with Crippen molar-refractivity contribution >= 4 is 11.8 Å². The van der Waals surface area contributed by atoms with Gasteiger partial charge in [-0.25, -0.2) is 4.39 Å². The number of hydrogen-bond acceptors (Lipinski definition) is 3. The number of rotatable bonds is 6. The fraction of sp³-hybridized carbons (Fsp3) is 0.500. The fourth-order valence-electron chi connectivity index (χ4n) is 1.37. The predicted molar refractivity (Wildman–Crippen MR) is 64.2 cm³/mol. The molecule has 4 heteroatoms. The molecule has 16 heavy (non-hydrogen) atoms. The Balaban J connectivity index is 1.67. The second-order valence-corrected chi connectivity index (χ2v) is 5.19. The van der Waals surface area contributed by atoms with Gasteiger partial charge in [0.15, 0.2) is 0 Å². The minimum absolute atomic E-state index is 0.222. The van der Waals surface area contributed by atoms with Gasteiger partial charge in [0.1, 0.15) is 5.82 Å². The first kappa shape index (κ1) is 11.9. The molecule has 1 saturated carbocycles. The molecule has 0 bridgehead atoms.